The van der Waals surface area contributed by atoms with Crippen LogP contribution in [0, 0.1) is 6.92 Å². The topological polar surface area (TPSA) is 51.0 Å². The predicted octanol–water partition coefficient (Wildman–Crippen LogP) is 2.53. The van der Waals surface area contributed by atoms with Gasteiger partial charge in [-0.1, -0.05) is 5.16 Å². The van der Waals surface area contributed by atoms with E-state index in [2.05, 4.69) is 42.8 Å². The second-order valence-electron chi connectivity index (χ2n) is 3.35. The van der Waals surface area contributed by atoms with Crippen molar-refractivity contribution in [1.82, 2.24) is 15.5 Å². The van der Waals surface area contributed by atoms with E-state index in [1.165, 1.54) is 9.35 Å². The Labute approximate surface area is 106 Å². The molecular weight excluding hydrogens is 290 g/mol. The van der Waals surface area contributed by atoms with Gasteiger partial charge in [-0.25, -0.2) is 0 Å². The second-order valence-corrected chi connectivity index (χ2v) is 5.21. The molecule has 6 heteroatoms. The summed E-state index contributed by atoms with van der Waals surface area (Å²) >= 11 is 5.24. The molecule has 0 spiro atoms. The zero-order chi connectivity index (χ0) is 11.4. The van der Waals surface area contributed by atoms with Gasteiger partial charge in [0.2, 0.25) is 5.89 Å². The van der Waals surface area contributed by atoms with Gasteiger partial charge in [0.15, 0.2) is 5.82 Å². The van der Waals surface area contributed by atoms with E-state index in [1.54, 1.807) is 11.3 Å². The van der Waals surface area contributed by atoms with E-state index in [1.807, 2.05) is 6.92 Å². The van der Waals surface area contributed by atoms with E-state index >= 15 is 0 Å². The lowest BCUT2D eigenvalue weighted by Gasteiger charge is -2.00. The van der Waals surface area contributed by atoms with Crippen LogP contribution in [0.4, 0.5) is 0 Å². The maximum absolute atomic E-state index is 5.02. The summed E-state index contributed by atoms with van der Waals surface area (Å²) < 4.78 is 6.18. The Morgan fingerprint density at radius 1 is 1.56 bits per heavy atom. The molecule has 0 amide bonds. The number of hydrogen-bond acceptors (Lipinski definition) is 5. The molecule has 0 fully saturated rings. The van der Waals surface area contributed by atoms with Crippen molar-refractivity contribution in [3.63, 3.8) is 0 Å². The third kappa shape index (κ3) is 3.13. The molecule has 0 bridgehead atoms. The van der Waals surface area contributed by atoms with Crippen molar-refractivity contribution in [3.05, 3.63) is 32.5 Å². The first-order valence-electron chi connectivity index (χ1n) is 4.97. The van der Waals surface area contributed by atoms with Crippen LogP contribution in [0.1, 0.15) is 16.6 Å². The molecule has 2 heterocycles. The van der Waals surface area contributed by atoms with Crippen molar-refractivity contribution in [3.8, 4) is 0 Å². The van der Waals surface area contributed by atoms with E-state index in [-0.39, 0.29) is 0 Å². The van der Waals surface area contributed by atoms with E-state index in [0.29, 0.717) is 11.7 Å². The Morgan fingerprint density at radius 2 is 2.44 bits per heavy atom. The first-order valence-corrected chi connectivity index (χ1v) is 6.65. The molecule has 1 N–H and O–H groups in total. The maximum Gasteiger partial charge on any atom is 0.227 e. The summed E-state index contributed by atoms with van der Waals surface area (Å²) in [4.78, 5) is 5.45. The van der Waals surface area contributed by atoms with Gasteiger partial charge in [0, 0.05) is 28.9 Å². The standard InChI is InChI=1S/C10H12BrN3OS/c1-7-13-10(15-14-7)2-4-12-6-9-8(11)3-5-16-9/h3,5,12H,2,4,6H2,1H3. The van der Waals surface area contributed by atoms with Gasteiger partial charge >= 0.3 is 0 Å². The number of nitrogens with one attached hydrogen (secondary N) is 1. The normalized spacial score (nSPS) is 10.9. The smallest absolute Gasteiger partial charge is 0.227 e. The van der Waals surface area contributed by atoms with Crippen molar-refractivity contribution in [1.29, 1.82) is 0 Å². The molecule has 4 nitrogen and oxygen atoms in total. The first kappa shape index (κ1) is 11.8. The fraction of sp³-hybridized carbons (Fsp3) is 0.400. The van der Waals surface area contributed by atoms with Gasteiger partial charge < -0.3 is 9.84 Å². The largest absolute Gasteiger partial charge is 0.339 e. The second kappa shape index (κ2) is 5.56. The number of halogens is 1. The number of thiophene rings is 1. The van der Waals surface area contributed by atoms with Crippen molar-refractivity contribution in [2.75, 3.05) is 6.54 Å². The van der Waals surface area contributed by atoms with Crippen molar-refractivity contribution >= 4 is 27.3 Å². The summed E-state index contributed by atoms with van der Waals surface area (Å²) in [6.45, 7) is 3.53. The lowest BCUT2D eigenvalue weighted by atomic mass is 10.4. The lowest BCUT2D eigenvalue weighted by Crippen LogP contribution is -2.16. The lowest BCUT2D eigenvalue weighted by molar-refractivity contribution is 0.372. The van der Waals surface area contributed by atoms with Gasteiger partial charge in [-0.3, -0.25) is 0 Å². The molecule has 0 aliphatic rings. The van der Waals surface area contributed by atoms with E-state index in [4.69, 9.17) is 4.52 Å². The minimum Gasteiger partial charge on any atom is -0.339 e. The predicted molar refractivity (Wildman–Crippen MR) is 66.5 cm³/mol. The molecule has 0 aromatic carbocycles. The summed E-state index contributed by atoms with van der Waals surface area (Å²) in [6.07, 6.45) is 0.768. The third-order valence-electron chi connectivity index (χ3n) is 2.06. The highest BCUT2D eigenvalue weighted by Crippen LogP contribution is 2.21. The summed E-state index contributed by atoms with van der Waals surface area (Å²) in [6, 6.07) is 2.06. The zero-order valence-electron chi connectivity index (χ0n) is 8.86. The molecule has 2 aromatic rings. The molecule has 16 heavy (non-hydrogen) atoms. The van der Waals surface area contributed by atoms with E-state index in [9.17, 15) is 0 Å². The maximum atomic E-state index is 5.02. The van der Waals surface area contributed by atoms with E-state index < -0.39 is 0 Å². The Bertz CT molecular complexity index is 454. The van der Waals surface area contributed by atoms with Crippen LogP contribution >= 0.6 is 27.3 Å². The van der Waals surface area contributed by atoms with Crippen molar-refractivity contribution < 1.29 is 4.52 Å². The minimum absolute atomic E-state index is 0.690. The number of aromatic nitrogens is 2. The van der Waals surface area contributed by atoms with Crippen LogP contribution in [-0.4, -0.2) is 16.7 Å². The fourth-order valence-corrected chi connectivity index (χ4v) is 2.75. The molecule has 0 saturated carbocycles. The van der Waals surface area contributed by atoms with Crippen molar-refractivity contribution in [2.24, 2.45) is 0 Å². The van der Waals surface area contributed by atoms with Gasteiger partial charge in [0.25, 0.3) is 0 Å². The average molecular weight is 302 g/mol. The summed E-state index contributed by atoms with van der Waals surface area (Å²) in [5.74, 6) is 1.38. The zero-order valence-corrected chi connectivity index (χ0v) is 11.3. The van der Waals surface area contributed by atoms with Crippen LogP contribution in [-0.2, 0) is 13.0 Å². The Morgan fingerprint density at radius 3 is 3.06 bits per heavy atom. The van der Waals surface area contributed by atoms with Crippen LogP contribution in [0.2, 0.25) is 0 Å². The van der Waals surface area contributed by atoms with Crippen LogP contribution < -0.4 is 5.32 Å². The number of hydrogen-bond donors (Lipinski definition) is 1. The highest BCUT2D eigenvalue weighted by atomic mass is 79.9. The number of aryl methyl sites for hydroxylation is 1. The molecular formula is C10H12BrN3OS. The number of rotatable bonds is 5. The monoisotopic (exact) mass is 301 g/mol. The van der Waals surface area contributed by atoms with Crippen molar-refractivity contribution in [2.45, 2.75) is 19.9 Å². The molecule has 2 rings (SSSR count). The Hall–Kier alpha value is -0.720. The molecule has 86 valence electrons. The molecule has 0 unspecified atom stereocenters. The highest BCUT2D eigenvalue weighted by Gasteiger charge is 2.03. The molecule has 0 atom stereocenters. The average Bonchev–Trinajstić information content (AvgIpc) is 2.83. The van der Waals surface area contributed by atoms with Crippen LogP contribution in [0.3, 0.4) is 0 Å². The van der Waals surface area contributed by atoms with Crippen LogP contribution in [0.15, 0.2) is 20.4 Å². The molecule has 2 aromatic heterocycles. The summed E-state index contributed by atoms with van der Waals surface area (Å²) in [5.41, 5.74) is 0. The van der Waals surface area contributed by atoms with Gasteiger partial charge in [0.05, 0.1) is 0 Å². The Balaban J connectivity index is 1.71. The van der Waals surface area contributed by atoms with E-state index in [0.717, 1.165) is 19.5 Å². The van der Waals surface area contributed by atoms with Gasteiger partial charge in [-0.15, -0.1) is 11.3 Å². The molecule has 0 radical (unpaired) electrons. The summed E-state index contributed by atoms with van der Waals surface area (Å²) in [5, 5.41) is 9.15. The highest BCUT2D eigenvalue weighted by molar-refractivity contribution is 9.10. The Kier molecular flexibility index (Phi) is 4.09. The van der Waals surface area contributed by atoms with Crippen LogP contribution in [0.5, 0.6) is 0 Å². The molecule has 0 aliphatic carbocycles. The SMILES string of the molecule is Cc1noc(CCNCc2sccc2Br)n1. The fourth-order valence-electron chi connectivity index (χ4n) is 1.29. The first-order chi connectivity index (χ1) is 7.75. The quantitative estimate of drug-likeness (QED) is 0.862. The van der Waals surface area contributed by atoms with Gasteiger partial charge in [-0.2, -0.15) is 4.98 Å². The summed E-state index contributed by atoms with van der Waals surface area (Å²) in [7, 11) is 0. The van der Waals surface area contributed by atoms with Gasteiger partial charge in [-0.05, 0) is 34.3 Å². The van der Waals surface area contributed by atoms with Gasteiger partial charge in [0.1, 0.15) is 0 Å². The molecule has 0 aliphatic heterocycles. The van der Waals surface area contributed by atoms with Crippen LogP contribution in [0.25, 0.3) is 0 Å². The number of nitrogens with zero attached hydrogens (tertiary/aromatic N) is 2. The third-order valence-corrected chi connectivity index (χ3v) is 3.99. The molecule has 0 saturated heterocycles. The minimum atomic E-state index is 0.690.